The van der Waals surface area contributed by atoms with Gasteiger partial charge in [0.1, 0.15) is 11.5 Å². The van der Waals surface area contributed by atoms with Crippen molar-refractivity contribution in [3.63, 3.8) is 0 Å². The first-order valence-electron chi connectivity index (χ1n) is 9.70. The largest absolute Gasteiger partial charge is 0.508 e. The maximum Gasteiger partial charge on any atom is 0.245 e. The summed E-state index contributed by atoms with van der Waals surface area (Å²) in [6.07, 6.45) is 0.893. The second-order valence-corrected chi connectivity index (χ2v) is 7.14. The van der Waals surface area contributed by atoms with Crippen molar-refractivity contribution in [1.82, 2.24) is 4.90 Å². The average molecular weight is 388 g/mol. The first-order chi connectivity index (χ1) is 14.2. The molecule has 1 N–H and O–H groups in total. The van der Waals surface area contributed by atoms with E-state index in [1.807, 2.05) is 42.5 Å². The highest BCUT2D eigenvalue weighted by molar-refractivity contribution is 6.01. The summed E-state index contributed by atoms with van der Waals surface area (Å²) >= 11 is 0. The molecule has 1 heterocycles. The van der Waals surface area contributed by atoms with Crippen LogP contribution in [0, 0.1) is 0 Å². The topological polar surface area (TPSA) is 53.0 Å². The number of aromatic hydroxyl groups is 1. The van der Waals surface area contributed by atoms with Crippen LogP contribution in [-0.2, 0) is 17.8 Å². The lowest BCUT2D eigenvalue weighted by Gasteiger charge is -2.31. The summed E-state index contributed by atoms with van der Waals surface area (Å²) in [5.74, 6) is 1.03. The highest BCUT2D eigenvalue weighted by Crippen LogP contribution is 2.30. The highest BCUT2D eigenvalue weighted by atomic mass is 16.5. The molecule has 5 nitrogen and oxygen atoms in total. The Bertz CT molecular complexity index is 973. The molecule has 148 valence electrons. The molecule has 0 fully saturated rings. The summed E-state index contributed by atoms with van der Waals surface area (Å²) in [7, 11) is 1.68. The standard InChI is InChI=1S/C24H24N2O3/c1-29-23-9-5-6-18-14-15-25(16-22(18)23)17-24(28)26(19-7-3-2-4-8-19)20-10-12-21(27)13-11-20/h2-13,27H,14-17H2,1H3. The van der Waals surface area contributed by atoms with Crippen molar-refractivity contribution in [3.05, 3.63) is 83.9 Å². The minimum atomic E-state index is -0.0137. The van der Waals surface area contributed by atoms with E-state index in [2.05, 4.69) is 11.0 Å². The van der Waals surface area contributed by atoms with Gasteiger partial charge in [-0.2, -0.15) is 0 Å². The fourth-order valence-corrected chi connectivity index (χ4v) is 3.81. The lowest BCUT2D eigenvalue weighted by atomic mass is 9.99. The third kappa shape index (κ3) is 4.10. The zero-order valence-electron chi connectivity index (χ0n) is 16.4. The molecule has 0 unspecified atom stereocenters. The quantitative estimate of drug-likeness (QED) is 0.714. The SMILES string of the molecule is COc1cccc2c1CN(CC(=O)N(c1ccccc1)c1ccc(O)cc1)CC2. The van der Waals surface area contributed by atoms with Crippen LogP contribution in [-0.4, -0.2) is 36.1 Å². The molecule has 0 saturated carbocycles. The van der Waals surface area contributed by atoms with Gasteiger partial charge in [-0.1, -0.05) is 30.3 Å². The van der Waals surface area contributed by atoms with E-state index in [1.54, 1.807) is 36.3 Å². The van der Waals surface area contributed by atoms with Crippen molar-refractivity contribution in [2.45, 2.75) is 13.0 Å². The number of amides is 1. The number of hydrogen-bond acceptors (Lipinski definition) is 4. The van der Waals surface area contributed by atoms with Crippen molar-refractivity contribution in [3.8, 4) is 11.5 Å². The monoisotopic (exact) mass is 388 g/mol. The Morgan fingerprint density at radius 1 is 1.00 bits per heavy atom. The number of phenols is 1. The maximum absolute atomic E-state index is 13.4. The van der Waals surface area contributed by atoms with E-state index in [0.717, 1.165) is 35.7 Å². The number of para-hydroxylation sites is 1. The molecule has 1 aliphatic heterocycles. The van der Waals surface area contributed by atoms with Gasteiger partial charge in [0, 0.05) is 30.0 Å². The number of carbonyl (C=O) groups is 1. The van der Waals surface area contributed by atoms with Crippen LogP contribution in [0.3, 0.4) is 0 Å². The molecule has 0 spiro atoms. The number of ether oxygens (including phenoxy) is 1. The number of methoxy groups -OCH3 is 1. The van der Waals surface area contributed by atoms with Gasteiger partial charge in [0.2, 0.25) is 5.91 Å². The molecule has 0 saturated heterocycles. The van der Waals surface area contributed by atoms with Crippen molar-refractivity contribution in [2.24, 2.45) is 0 Å². The molecule has 1 aliphatic rings. The fourth-order valence-electron chi connectivity index (χ4n) is 3.81. The summed E-state index contributed by atoms with van der Waals surface area (Å²) in [5, 5.41) is 9.63. The Hall–Kier alpha value is -3.31. The van der Waals surface area contributed by atoms with Gasteiger partial charge in [0.15, 0.2) is 0 Å². The molecule has 0 atom stereocenters. The number of anilines is 2. The lowest BCUT2D eigenvalue weighted by Crippen LogP contribution is -2.40. The molecule has 0 radical (unpaired) electrons. The van der Waals surface area contributed by atoms with Crippen molar-refractivity contribution >= 4 is 17.3 Å². The Balaban J connectivity index is 1.58. The van der Waals surface area contributed by atoms with E-state index in [4.69, 9.17) is 4.74 Å². The molecular formula is C24H24N2O3. The second-order valence-electron chi connectivity index (χ2n) is 7.14. The van der Waals surface area contributed by atoms with E-state index >= 15 is 0 Å². The van der Waals surface area contributed by atoms with E-state index in [1.165, 1.54) is 5.56 Å². The number of hydrogen-bond donors (Lipinski definition) is 1. The average Bonchev–Trinajstić information content (AvgIpc) is 2.75. The Labute approximate surface area is 170 Å². The van der Waals surface area contributed by atoms with Crippen LogP contribution < -0.4 is 9.64 Å². The first kappa shape index (κ1) is 19.0. The lowest BCUT2D eigenvalue weighted by molar-refractivity contribution is -0.119. The Morgan fingerprint density at radius 2 is 1.72 bits per heavy atom. The summed E-state index contributed by atoms with van der Waals surface area (Å²) in [5.41, 5.74) is 3.98. The number of rotatable bonds is 5. The molecular weight excluding hydrogens is 364 g/mol. The third-order valence-electron chi connectivity index (χ3n) is 5.26. The van der Waals surface area contributed by atoms with E-state index in [0.29, 0.717) is 13.1 Å². The predicted octanol–water partition coefficient (Wildman–Crippen LogP) is 4.12. The van der Waals surface area contributed by atoms with Gasteiger partial charge >= 0.3 is 0 Å². The minimum Gasteiger partial charge on any atom is -0.508 e. The number of benzene rings is 3. The van der Waals surface area contributed by atoms with Crippen LogP contribution in [0.25, 0.3) is 0 Å². The van der Waals surface area contributed by atoms with E-state index in [-0.39, 0.29) is 11.7 Å². The Kier molecular flexibility index (Phi) is 5.49. The normalized spacial score (nSPS) is 13.6. The van der Waals surface area contributed by atoms with Gasteiger partial charge in [-0.3, -0.25) is 14.6 Å². The van der Waals surface area contributed by atoms with E-state index in [9.17, 15) is 9.90 Å². The molecule has 5 heteroatoms. The van der Waals surface area contributed by atoms with Crippen molar-refractivity contribution in [1.29, 1.82) is 0 Å². The van der Waals surface area contributed by atoms with Crippen molar-refractivity contribution < 1.29 is 14.6 Å². The molecule has 0 bridgehead atoms. The molecule has 0 aliphatic carbocycles. The summed E-state index contributed by atoms with van der Waals surface area (Å²) in [6.45, 7) is 1.81. The zero-order valence-corrected chi connectivity index (χ0v) is 16.4. The Morgan fingerprint density at radius 3 is 2.45 bits per heavy atom. The van der Waals surface area contributed by atoms with Gasteiger partial charge in [0.25, 0.3) is 0 Å². The minimum absolute atomic E-state index is 0.0137. The van der Waals surface area contributed by atoms with E-state index < -0.39 is 0 Å². The predicted molar refractivity (Wildman–Crippen MR) is 114 cm³/mol. The van der Waals surface area contributed by atoms with Crippen LogP contribution >= 0.6 is 0 Å². The van der Waals surface area contributed by atoms with Gasteiger partial charge in [0.05, 0.1) is 13.7 Å². The summed E-state index contributed by atoms with van der Waals surface area (Å²) in [6, 6.07) is 22.4. The van der Waals surface area contributed by atoms with Gasteiger partial charge in [-0.05, 0) is 54.4 Å². The maximum atomic E-state index is 13.4. The number of nitrogens with zero attached hydrogens (tertiary/aromatic N) is 2. The molecule has 4 rings (SSSR count). The molecule has 0 aromatic heterocycles. The van der Waals surface area contributed by atoms with Crippen molar-refractivity contribution in [2.75, 3.05) is 25.1 Å². The number of phenolic OH excluding ortho intramolecular Hbond substituents is 1. The third-order valence-corrected chi connectivity index (χ3v) is 5.26. The number of fused-ring (bicyclic) bond motifs is 1. The smallest absolute Gasteiger partial charge is 0.245 e. The molecule has 1 amide bonds. The van der Waals surface area contributed by atoms with Gasteiger partial charge in [-0.15, -0.1) is 0 Å². The van der Waals surface area contributed by atoms with Crippen LogP contribution in [0.15, 0.2) is 72.8 Å². The molecule has 3 aromatic carbocycles. The van der Waals surface area contributed by atoms with Gasteiger partial charge in [-0.25, -0.2) is 0 Å². The molecule has 29 heavy (non-hydrogen) atoms. The first-order valence-corrected chi connectivity index (χ1v) is 9.70. The summed E-state index contributed by atoms with van der Waals surface area (Å²) < 4.78 is 5.52. The van der Waals surface area contributed by atoms with Crippen LogP contribution in [0.1, 0.15) is 11.1 Å². The second kappa shape index (κ2) is 8.37. The number of carbonyl (C=O) groups excluding carboxylic acids is 1. The molecule has 3 aromatic rings. The van der Waals surface area contributed by atoms with Crippen LogP contribution in [0.2, 0.25) is 0 Å². The van der Waals surface area contributed by atoms with Crippen LogP contribution in [0.4, 0.5) is 11.4 Å². The summed E-state index contributed by atoms with van der Waals surface area (Å²) in [4.78, 5) is 17.2. The zero-order chi connectivity index (χ0) is 20.2. The van der Waals surface area contributed by atoms with Crippen LogP contribution in [0.5, 0.6) is 11.5 Å². The highest BCUT2D eigenvalue weighted by Gasteiger charge is 2.25. The fraction of sp³-hybridized carbons (Fsp3) is 0.208. The van der Waals surface area contributed by atoms with Gasteiger partial charge < -0.3 is 9.84 Å².